The number of ketones is 1. The Balaban J connectivity index is 1.36. The topological polar surface area (TPSA) is 154 Å². The number of carbonyl (C=O) groups excluding carboxylic acids is 2. The number of amides is 1. The van der Waals surface area contributed by atoms with Crippen molar-refractivity contribution in [2.45, 2.75) is 33.3 Å². The maximum Gasteiger partial charge on any atom is 0.410 e. The number of carbonyl (C=O) groups is 2. The molecule has 1 saturated heterocycles. The van der Waals surface area contributed by atoms with Gasteiger partial charge in [-0.1, -0.05) is 18.5 Å². The minimum Gasteiger partial charge on any atom is -0.444 e. The van der Waals surface area contributed by atoms with E-state index in [0.29, 0.717) is 54.3 Å². The molecule has 0 saturated carbocycles. The van der Waals surface area contributed by atoms with Crippen LogP contribution in [0.2, 0.25) is 5.02 Å². The Morgan fingerprint density at radius 2 is 1.74 bits per heavy atom. The largest absolute Gasteiger partial charge is 0.444 e. The molecule has 2 N–H and O–H groups in total. The number of piperazine rings is 1. The van der Waals surface area contributed by atoms with E-state index in [9.17, 15) is 18.0 Å². The summed E-state index contributed by atoms with van der Waals surface area (Å²) in [5.41, 5.74) is 0.259. The van der Waals surface area contributed by atoms with Crippen molar-refractivity contribution in [2.75, 3.05) is 49.4 Å². The first-order chi connectivity index (χ1) is 21.7. The molecule has 1 fully saturated rings. The summed E-state index contributed by atoms with van der Waals surface area (Å²) >= 11 is 6.26. The van der Waals surface area contributed by atoms with Crippen LogP contribution < -0.4 is 9.62 Å². The molecule has 1 amide bonds. The lowest BCUT2D eigenvalue weighted by Gasteiger charge is -2.35. The van der Waals surface area contributed by atoms with E-state index in [1.165, 1.54) is 19.3 Å². The smallest absolute Gasteiger partial charge is 0.410 e. The van der Waals surface area contributed by atoms with Crippen LogP contribution in [0.5, 0.6) is 0 Å². The number of rotatable bonds is 8. The molecule has 46 heavy (non-hydrogen) atoms. The molecule has 0 atom stereocenters. The Morgan fingerprint density at radius 1 is 1.09 bits per heavy atom. The molecule has 16 heteroatoms. The van der Waals surface area contributed by atoms with E-state index in [2.05, 4.69) is 24.7 Å². The van der Waals surface area contributed by atoms with Crippen molar-refractivity contribution in [3.63, 3.8) is 0 Å². The van der Waals surface area contributed by atoms with Crippen LogP contribution in [-0.2, 0) is 14.9 Å². The van der Waals surface area contributed by atoms with Crippen molar-refractivity contribution in [1.29, 1.82) is 0 Å². The Labute approximate surface area is 270 Å². The van der Waals surface area contributed by atoms with Crippen LogP contribution in [0.1, 0.15) is 43.6 Å². The average Bonchev–Trinajstić information content (AvgIpc) is 3.45. The van der Waals surface area contributed by atoms with E-state index in [1.807, 2.05) is 25.7 Å². The van der Waals surface area contributed by atoms with E-state index in [-0.39, 0.29) is 23.2 Å². The van der Waals surface area contributed by atoms with Gasteiger partial charge in [-0.15, -0.1) is 0 Å². The number of fused-ring (bicyclic) bond motifs is 1. The maximum atomic E-state index is 15.6. The third-order valence-electron chi connectivity index (χ3n) is 7.37. The zero-order chi connectivity index (χ0) is 33.4. The first-order valence-corrected chi connectivity index (χ1v) is 16.3. The summed E-state index contributed by atoms with van der Waals surface area (Å²) in [7, 11) is -2.71. The molecule has 0 unspecified atom stereocenters. The summed E-state index contributed by atoms with van der Waals surface area (Å²) < 4.78 is 49.2. The number of halogens is 2. The van der Waals surface area contributed by atoms with Gasteiger partial charge in [-0.3, -0.25) is 9.52 Å². The van der Waals surface area contributed by atoms with Gasteiger partial charge in [0.2, 0.25) is 5.95 Å². The minimum absolute atomic E-state index is 0.0937. The molecule has 0 spiro atoms. The van der Waals surface area contributed by atoms with Gasteiger partial charge in [0.25, 0.3) is 0 Å². The second-order valence-corrected chi connectivity index (χ2v) is 13.9. The van der Waals surface area contributed by atoms with E-state index >= 15 is 4.39 Å². The standard InChI is InChI=1S/C30H34ClFN8O5S/c1-6-38(5)46(43,44)37-23-8-7-22(31)24(25(23)32)26(41)21-17-34-27-20(21)13-18(14-33-27)19-15-35-28(36-16-19)39-9-11-40(12-10-39)29(42)45-30(2,3)4/h7-8,13-17,37H,6,9-12H2,1-5H3,(H,33,34). The number of nitrogens with zero attached hydrogens (tertiary/aromatic N) is 6. The lowest BCUT2D eigenvalue weighted by molar-refractivity contribution is 0.0240. The summed E-state index contributed by atoms with van der Waals surface area (Å²) in [6, 6.07) is 4.13. The van der Waals surface area contributed by atoms with Crippen molar-refractivity contribution >= 4 is 56.4 Å². The summed E-state index contributed by atoms with van der Waals surface area (Å²) in [6.07, 6.45) is 5.92. The highest BCUT2D eigenvalue weighted by Gasteiger charge is 2.28. The number of anilines is 2. The van der Waals surface area contributed by atoms with Crippen LogP contribution in [0.3, 0.4) is 0 Å². The van der Waals surface area contributed by atoms with Crippen LogP contribution >= 0.6 is 11.6 Å². The van der Waals surface area contributed by atoms with Crippen LogP contribution in [0, 0.1) is 5.82 Å². The normalized spacial score (nSPS) is 14.2. The molecule has 244 valence electrons. The van der Waals surface area contributed by atoms with Gasteiger partial charge in [0.1, 0.15) is 11.2 Å². The Kier molecular flexibility index (Phi) is 9.20. The molecule has 4 heterocycles. The fraction of sp³-hybridized carbons (Fsp3) is 0.367. The van der Waals surface area contributed by atoms with Gasteiger partial charge in [0, 0.05) is 86.6 Å². The molecule has 3 aromatic heterocycles. The molecule has 0 bridgehead atoms. The number of benzene rings is 1. The second-order valence-electron chi connectivity index (χ2n) is 11.7. The number of hydrogen-bond acceptors (Lipinski definition) is 9. The average molecular weight is 673 g/mol. The number of nitrogens with one attached hydrogen (secondary N) is 2. The number of pyridine rings is 1. The van der Waals surface area contributed by atoms with E-state index < -0.39 is 38.7 Å². The van der Waals surface area contributed by atoms with Crippen LogP contribution in [0.4, 0.5) is 20.8 Å². The molecule has 0 radical (unpaired) electrons. The van der Waals surface area contributed by atoms with E-state index in [1.54, 1.807) is 36.5 Å². The van der Waals surface area contributed by atoms with Crippen molar-refractivity contribution in [3.05, 3.63) is 65.0 Å². The fourth-order valence-electron chi connectivity index (χ4n) is 4.76. The van der Waals surface area contributed by atoms with Crippen LogP contribution in [0.25, 0.3) is 22.2 Å². The quantitative estimate of drug-likeness (QED) is 0.253. The zero-order valence-electron chi connectivity index (χ0n) is 26.0. The Morgan fingerprint density at radius 3 is 2.37 bits per heavy atom. The second kappa shape index (κ2) is 12.8. The number of hydrogen-bond donors (Lipinski definition) is 2. The third-order valence-corrected chi connectivity index (χ3v) is 9.25. The molecule has 0 aliphatic carbocycles. The Bertz CT molecular complexity index is 1890. The van der Waals surface area contributed by atoms with Gasteiger partial charge in [-0.05, 0) is 39.0 Å². The number of aromatic amines is 1. The van der Waals surface area contributed by atoms with Crippen LogP contribution in [0.15, 0.2) is 43.0 Å². The van der Waals surface area contributed by atoms with E-state index in [4.69, 9.17) is 16.3 Å². The summed E-state index contributed by atoms with van der Waals surface area (Å²) in [6.45, 7) is 9.29. The Hall–Kier alpha value is -4.34. The van der Waals surface area contributed by atoms with Crippen molar-refractivity contribution in [3.8, 4) is 11.1 Å². The summed E-state index contributed by atoms with van der Waals surface area (Å²) in [4.78, 5) is 46.0. The molecular weight excluding hydrogens is 639 g/mol. The molecule has 1 aliphatic rings. The molecule has 13 nitrogen and oxygen atoms in total. The lowest BCUT2D eigenvalue weighted by Crippen LogP contribution is -2.50. The van der Waals surface area contributed by atoms with Gasteiger partial charge >= 0.3 is 16.3 Å². The predicted octanol–water partition coefficient (Wildman–Crippen LogP) is 4.71. The number of aromatic nitrogens is 4. The highest BCUT2D eigenvalue weighted by molar-refractivity contribution is 7.90. The minimum atomic E-state index is -4.05. The molecule has 1 aliphatic heterocycles. The SMILES string of the molecule is CCN(C)S(=O)(=O)Nc1ccc(Cl)c(C(=O)c2c[nH]c3ncc(-c4cnc(N5CCN(C(=O)OC(C)(C)C)CC5)nc4)cc23)c1F. The monoisotopic (exact) mass is 672 g/mol. The molecular formula is C30H34ClFN8O5S. The fourth-order valence-corrected chi connectivity index (χ4v) is 5.92. The lowest BCUT2D eigenvalue weighted by atomic mass is 10.0. The highest BCUT2D eigenvalue weighted by atomic mass is 35.5. The predicted molar refractivity (Wildman–Crippen MR) is 173 cm³/mol. The van der Waals surface area contributed by atoms with Gasteiger partial charge in [0.05, 0.1) is 16.3 Å². The van der Waals surface area contributed by atoms with Crippen LogP contribution in [-0.4, -0.2) is 94.8 Å². The summed E-state index contributed by atoms with van der Waals surface area (Å²) in [5, 5.41) is 0.223. The third kappa shape index (κ3) is 6.90. The molecule has 5 rings (SSSR count). The molecule has 1 aromatic carbocycles. The first kappa shape index (κ1) is 33.0. The first-order valence-electron chi connectivity index (χ1n) is 14.5. The van der Waals surface area contributed by atoms with Gasteiger partial charge in [-0.25, -0.2) is 24.1 Å². The highest BCUT2D eigenvalue weighted by Crippen LogP contribution is 2.32. The van der Waals surface area contributed by atoms with Gasteiger partial charge in [0.15, 0.2) is 11.6 Å². The number of ether oxygens (including phenoxy) is 1. The van der Waals surface area contributed by atoms with Gasteiger partial charge in [-0.2, -0.15) is 12.7 Å². The van der Waals surface area contributed by atoms with Crippen molar-refractivity contribution < 1.29 is 27.1 Å². The zero-order valence-corrected chi connectivity index (χ0v) is 27.5. The molecule has 4 aromatic rings. The summed E-state index contributed by atoms with van der Waals surface area (Å²) in [5.74, 6) is -1.35. The van der Waals surface area contributed by atoms with E-state index in [0.717, 1.165) is 10.4 Å². The van der Waals surface area contributed by atoms with Crippen molar-refractivity contribution in [1.82, 2.24) is 29.1 Å². The maximum absolute atomic E-state index is 15.6. The van der Waals surface area contributed by atoms with Crippen molar-refractivity contribution in [2.24, 2.45) is 0 Å². The number of H-pyrrole nitrogens is 1. The van der Waals surface area contributed by atoms with Gasteiger partial charge < -0.3 is 19.5 Å².